The number of amides is 9. The fourth-order valence-corrected chi connectivity index (χ4v) is 9.89. The van der Waals surface area contributed by atoms with Gasteiger partial charge in [0.15, 0.2) is 5.96 Å². The minimum Gasteiger partial charge on any atom is -0.481 e. The number of carboxylic acids is 1. The summed E-state index contributed by atoms with van der Waals surface area (Å²) in [5.74, 6) is -9.50. The number of methoxy groups -OCH3 is 1. The molecule has 0 radical (unpaired) electrons. The van der Waals surface area contributed by atoms with Crippen LogP contribution in [0.5, 0.6) is 0 Å². The van der Waals surface area contributed by atoms with Crippen molar-refractivity contribution in [2.45, 2.75) is 150 Å². The number of guanidine groups is 1. The summed E-state index contributed by atoms with van der Waals surface area (Å²) in [5.41, 5.74) is 17.4. The first-order chi connectivity index (χ1) is 36.6. The molecule has 0 saturated carbocycles. The zero-order chi connectivity index (χ0) is 58.6. The van der Waals surface area contributed by atoms with Crippen LogP contribution in [0.1, 0.15) is 92.6 Å². The number of nitrogens with two attached hydrogens (primary N) is 3. The smallest absolute Gasteiger partial charge is 0.305 e. The molecule has 25 nitrogen and oxygen atoms in total. The van der Waals surface area contributed by atoms with Gasteiger partial charge in [-0.2, -0.15) is 23.5 Å². The Hall–Kier alpha value is -5.84. The van der Waals surface area contributed by atoms with E-state index in [9.17, 15) is 53.1 Å². The van der Waals surface area contributed by atoms with Gasteiger partial charge in [0.2, 0.25) is 53.2 Å². The van der Waals surface area contributed by atoms with E-state index in [-0.39, 0.29) is 68.6 Å². The Morgan fingerprint density at radius 1 is 0.705 bits per heavy atom. The Balaban J connectivity index is 2.82. The summed E-state index contributed by atoms with van der Waals surface area (Å²) < 4.78 is 4.22. The fourth-order valence-electron chi connectivity index (χ4n) is 7.21. The van der Waals surface area contributed by atoms with Crippen molar-refractivity contribution in [3.05, 3.63) is 35.9 Å². The molecule has 438 valence electrons. The summed E-state index contributed by atoms with van der Waals surface area (Å²) in [4.78, 5) is 143. The zero-order valence-electron chi connectivity index (χ0n) is 46.0. The number of carbonyl (C=O) groups is 10. The maximum Gasteiger partial charge on any atom is 0.305 e. The number of carboxylic acid groups (broad SMARTS) is 1. The molecule has 2 rings (SSSR count). The lowest BCUT2D eigenvalue weighted by atomic mass is 10.0. The van der Waals surface area contributed by atoms with Gasteiger partial charge in [-0.05, 0) is 44.2 Å². The molecule has 28 heteroatoms. The fraction of sp³-hybridized carbons (Fsp3) is 0.660. The van der Waals surface area contributed by atoms with E-state index in [1.165, 1.54) is 30.6 Å². The van der Waals surface area contributed by atoms with E-state index < -0.39 is 129 Å². The largest absolute Gasteiger partial charge is 0.481 e. The SMILES string of the molecule is COCCNC(=O)[C@H]1NC(=O)[C@H](Cc2ccccc2)NC(=O)C(CSC(C)(C)C)NC(=O)[C@H](CC(=O)O)NC(=O)CNC(=O)[C@H](CCCN=C(N)N)NC(=O)[C@H](CSC(C)(C)C)NC(=O)[C@H](CCCCN)NC(=O)CS[C@H]1C. The van der Waals surface area contributed by atoms with Crippen molar-refractivity contribution in [2.24, 2.45) is 22.2 Å². The summed E-state index contributed by atoms with van der Waals surface area (Å²) in [6.45, 7) is 12.6. The van der Waals surface area contributed by atoms with Crippen LogP contribution in [0.4, 0.5) is 0 Å². The van der Waals surface area contributed by atoms with E-state index in [1.807, 2.05) is 41.5 Å². The number of hydrogen-bond acceptors (Lipinski definition) is 16. The standard InChI is InChI=1S/C50H83N13O12S3/c1-29-40(47(74)54-21-22-75-8)63-44(71)33(23-30-15-10-9-11-16-30)60-46(73)36(27-78-50(5,6)7)62-43(70)34(24-39(66)67)58-37(64)25-56-41(68)31(18-14-20-55-48(52)53)59-45(72)35(26-77-49(2,3)4)61-42(69)32(17-12-13-19-51)57-38(65)28-76-29/h9-11,15-16,29,31-36,40H,12-14,17-28,51H2,1-8H3,(H,54,74)(H,56,68)(H,57,65)(H,58,64)(H,59,72)(H,60,73)(H,61,69)(H,62,70)(H,63,71)(H,66,67)(H4,52,53,55)/t29-,31-,32-,33-,34-,35-,36?,40-/m0/s1. The van der Waals surface area contributed by atoms with Gasteiger partial charge in [-0.1, -0.05) is 78.8 Å². The number of hydrogen-bond donors (Lipinski definition) is 13. The van der Waals surface area contributed by atoms with Crippen LogP contribution >= 0.6 is 35.3 Å². The van der Waals surface area contributed by atoms with E-state index in [0.29, 0.717) is 24.9 Å². The quantitative estimate of drug-likeness (QED) is 0.0395. The highest BCUT2D eigenvalue weighted by Crippen LogP contribution is 2.25. The van der Waals surface area contributed by atoms with Crippen LogP contribution in [0, 0.1) is 0 Å². The molecule has 0 aliphatic carbocycles. The second-order valence-corrected chi connectivity index (χ2v) is 25.4. The molecule has 0 aromatic heterocycles. The number of aliphatic imine (C=N–C) groups is 1. The van der Waals surface area contributed by atoms with Crippen LogP contribution in [0.2, 0.25) is 0 Å². The highest BCUT2D eigenvalue weighted by molar-refractivity contribution is 8.01. The van der Waals surface area contributed by atoms with Crippen LogP contribution in [-0.4, -0.2) is 184 Å². The molecule has 1 aromatic carbocycles. The minimum absolute atomic E-state index is 0.0122. The number of ether oxygens (including phenoxy) is 1. The lowest BCUT2D eigenvalue weighted by Gasteiger charge is -2.29. The third-order valence-corrected chi connectivity index (χ3v) is 15.3. The van der Waals surface area contributed by atoms with Crippen LogP contribution in [0.3, 0.4) is 0 Å². The van der Waals surface area contributed by atoms with Gasteiger partial charge < -0.3 is 74.9 Å². The molecular formula is C50H83N13O12S3. The van der Waals surface area contributed by atoms with Crippen molar-refractivity contribution >= 4 is 100 Å². The Kier molecular flexibility index (Phi) is 30.6. The predicted molar refractivity (Wildman–Crippen MR) is 303 cm³/mol. The number of unbranched alkanes of at least 4 members (excludes halogenated alkanes) is 1. The Labute approximate surface area is 469 Å². The molecule has 0 spiro atoms. The van der Waals surface area contributed by atoms with Crippen LogP contribution in [0.15, 0.2) is 35.3 Å². The molecular weight excluding hydrogens is 1070 g/mol. The van der Waals surface area contributed by atoms with Crippen molar-refractivity contribution in [1.82, 2.24) is 47.9 Å². The maximum absolute atomic E-state index is 14.5. The van der Waals surface area contributed by atoms with E-state index in [0.717, 1.165) is 11.8 Å². The minimum atomic E-state index is -1.79. The van der Waals surface area contributed by atoms with E-state index >= 15 is 0 Å². The number of aliphatic carboxylic acids is 1. The third kappa shape index (κ3) is 28.2. The molecule has 1 heterocycles. The number of nitrogens with zero attached hydrogens (tertiary/aromatic N) is 1. The number of benzene rings is 1. The average molecular weight is 1150 g/mol. The van der Waals surface area contributed by atoms with Crippen LogP contribution in [0.25, 0.3) is 0 Å². The second kappa shape index (κ2) is 34.9. The van der Waals surface area contributed by atoms with Gasteiger partial charge in [0.1, 0.15) is 42.3 Å². The van der Waals surface area contributed by atoms with Gasteiger partial charge in [0, 0.05) is 52.9 Å². The summed E-state index contributed by atoms with van der Waals surface area (Å²) >= 11 is 3.59. The second-order valence-electron chi connectivity index (χ2n) is 20.4. The summed E-state index contributed by atoms with van der Waals surface area (Å²) in [5, 5.41) is 32.7. The van der Waals surface area contributed by atoms with E-state index in [2.05, 4.69) is 52.8 Å². The van der Waals surface area contributed by atoms with Crippen molar-refractivity contribution in [1.29, 1.82) is 0 Å². The maximum atomic E-state index is 14.5. The molecule has 0 bridgehead atoms. The van der Waals surface area contributed by atoms with Crippen LogP contribution < -0.4 is 65.1 Å². The van der Waals surface area contributed by atoms with Crippen molar-refractivity contribution < 1.29 is 57.8 Å². The van der Waals surface area contributed by atoms with Gasteiger partial charge in [0.25, 0.3) is 0 Å². The topological polar surface area (TPSA) is 399 Å². The highest BCUT2D eigenvalue weighted by Gasteiger charge is 2.36. The molecule has 1 unspecified atom stereocenters. The van der Waals surface area contributed by atoms with Gasteiger partial charge in [-0.3, -0.25) is 52.9 Å². The average Bonchev–Trinajstić information content (AvgIpc) is 3.35. The van der Waals surface area contributed by atoms with Crippen molar-refractivity contribution in [3.63, 3.8) is 0 Å². The monoisotopic (exact) mass is 1150 g/mol. The predicted octanol–water partition coefficient (Wildman–Crippen LogP) is -1.64. The van der Waals surface area contributed by atoms with Crippen molar-refractivity contribution in [3.8, 4) is 0 Å². The summed E-state index contributed by atoms with van der Waals surface area (Å²) in [6.07, 6.45) is 0.0603. The molecule has 16 N–H and O–H groups in total. The lowest BCUT2D eigenvalue weighted by Crippen LogP contribution is -2.61. The molecule has 1 aliphatic rings. The van der Waals surface area contributed by atoms with Gasteiger partial charge in [-0.25, -0.2) is 0 Å². The first kappa shape index (κ1) is 68.3. The molecule has 1 aromatic rings. The Bertz CT molecular complexity index is 2200. The van der Waals surface area contributed by atoms with E-state index in [4.69, 9.17) is 21.9 Å². The molecule has 1 saturated heterocycles. The molecule has 8 atom stereocenters. The first-order valence-corrected chi connectivity index (χ1v) is 28.7. The number of rotatable bonds is 20. The van der Waals surface area contributed by atoms with E-state index in [1.54, 1.807) is 37.3 Å². The Morgan fingerprint density at radius 3 is 1.77 bits per heavy atom. The lowest BCUT2D eigenvalue weighted by molar-refractivity contribution is -0.141. The van der Waals surface area contributed by atoms with Crippen molar-refractivity contribution in [2.75, 3.05) is 57.2 Å². The summed E-state index contributed by atoms with van der Waals surface area (Å²) in [7, 11) is 1.44. The number of thioether (sulfide) groups is 3. The normalized spacial score (nSPS) is 23.3. The molecule has 9 amide bonds. The first-order valence-electron chi connectivity index (χ1n) is 25.7. The molecule has 1 aliphatic heterocycles. The number of carbonyl (C=O) groups excluding carboxylic acids is 9. The zero-order valence-corrected chi connectivity index (χ0v) is 48.4. The van der Waals surface area contributed by atoms with Crippen LogP contribution in [-0.2, 0) is 59.1 Å². The highest BCUT2D eigenvalue weighted by atomic mass is 32.2. The van der Waals surface area contributed by atoms with Gasteiger partial charge >= 0.3 is 5.97 Å². The summed E-state index contributed by atoms with van der Waals surface area (Å²) in [6, 6.07) is -1.09. The molecule has 78 heavy (non-hydrogen) atoms. The molecule has 1 fully saturated rings. The number of nitrogens with one attached hydrogen (secondary N) is 9. The Morgan fingerprint density at radius 2 is 1.22 bits per heavy atom. The third-order valence-electron chi connectivity index (χ3n) is 11.3. The van der Waals surface area contributed by atoms with Gasteiger partial charge in [-0.15, -0.1) is 11.8 Å². The van der Waals surface area contributed by atoms with Gasteiger partial charge in [0.05, 0.1) is 25.3 Å².